The molecule has 1 amide bonds. The average Bonchev–Trinajstić information content (AvgIpc) is 3.16. The molecule has 1 aromatic rings. The first kappa shape index (κ1) is 19.7. The van der Waals surface area contributed by atoms with Crippen LogP contribution in [0.5, 0.6) is 5.75 Å². The van der Waals surface area contributed by atoms with E-state index in [-0.39, 0.29) is 23.8 Å². The molecule has 6 nitrogen and oxygen atoms in total. The van der Waals surface area contributed by atoms with Gasteiger partial charge < -0.3 is 14.4 Å². The van der Waals surface area contributed by atoms with Crippen LogP contribution in [0.4, 0.5) is 0 Å². The molecule has 0 unspecified atom stereocenters. The highest BCUT2D eigenvalue weighted by Crippen LogP contribution is 2.32. The third kappa shape index (κ3) is 4.80. The molecule has 2 fully saturated rings. The minimum absolute atomic E-state index is 0.0672. The highest BCUT2D eigenvalue weighted by atomic mass is 16.5. The number of hydrogen-bond acceptors (Lipinski definition) is 5. The standard InChI is InChI=1S/C21H30N2O4/c1-3-27-18-8-6-16(7-9-18)19-5-4-12-23(19)15-20(24)22-13-10-17(11-14-22)21(25)26-2/h6-9,17,19H,3-5,10-15H2,1-2H3/t19-/m1/s1. The Morgan fingerprint density at radius 1 is 1.07 bits per heavy atom. The lowest BCUT2D eigenvalue weighted by Gasteiger charge is -2.33. The number of benzene rings is 1. The molecular formula is C21H30N2O4. The molecule has 2 heterocycles. The first-order valence-corrected chi connectivity index (χ1v) is 9.94. The predicted molar refractivity (Wildman–Crippen MR) is 102 cm³/mol. The summed E-state index contributed by atoms with van der Waals surface area (Å²) in [6.07, 6.45) is 3.57. The fourth-order valence-corrected chi connectivity index (χ4v) is 4.15. The molecule has 1 aromatic carbocycles. The fourth-order valence-electron chi connectivity index (χ4n) is 4.15. The Bertz CT molecular complexity index is 638. The molecule has 3 rings (SSSR count). The molecule has 0 aliphatic carbocycles. The largest absolute Gasteiger partial charge is 0.494 e. The van der Waals surface area contributed by atoms with Crippen LogP contribution in [0, 0.1) is 5.92 Å². The summed E-state index contributed by atoms with van der Waals surface area (Å²) in [6.45, 7) is 5.31. The fraction of sp³-hybridized carbons (Fsp3) is 0.619. The third-order valence-corrected chi connectivity index (χ3v) is 5.66. The quantitative estimate of drug-likeness (QED) is 0.717. The molecule has 148 valence electrons. The zero-order valence-corrected chi connectivity index (χ0v) is 16.4. The molecule has 0 radical (unpaired) electrons. The zero-order chi connectivity index (χ0) is 19.2. The number of ether oxygens (including phenoxy) is 2. The Morgan fingerprint density at radius 2 is 1.78 bits per heavy atom. The van der Waals surface area contributed by atoms with Crippen LogP contribution < -0.4 is 4.74 Å². The number of carbonyl (C=O) groups is 2. The van der Waals surface area contributed by atoms with Crippen molar-refractivity contribution in [2.45, 2.75) is 38.6 Å². The van der Waals surface area contributed by atoms with E-state index in [4.69, 9.17) is 9.47 Å². The predicted octanol–water partition coefficient (Wildman–Crippen LogP) is 2.63. The average molecular weight is 374 g/mol. The summed E-state index contributed by atoms with van der Waals surface area (Å²) < 4.78 is 10.3. The van der Waals surface area contributed by atoms with Crippen molar-refractivity contribution in [3.63, 3.8) is 0 Å². The molecule has 0 bridgehead atoms. The zero-order valence-electron chi connectivity index (χ0n) is 16.4. The van der Waals surface area contributed by atoms with E-state index in [1.54, 1.807) is 0 Å². The first-order valence-electron chi connectivity index (χ1n) is 9.94. The number of rotatable bonds is 6. The van der Waals surface area contributed by atoms with E-state index in [2.05, 4.69) is 17.0 Å². The molecule has 1 atom stereocenters. The van der Waals surface area contributed by atoms with Crippen LogP contribution in [0.1, 0.15) is 44.2 Å². The van der Waals surface area contributed by atoms with Crippen LogP contribution in [-0.2, 0) is 14.3 Å². The maximum absolute atomic E-state index is 12.8. The van der Waals surface area contributed by atoms with E-state index in [0.717, 1.165) is 25.1 Å². The lowest BCUT2D eigenvalue weighted by atomic mass is 9.97. The molecule has 6 heteroatoms. The third-order valence-electron chi connectivity index (χ3n) is 5.66. The molecule has 2 aliphatic heterocycles. The topological polar surface area (TPSA) is 59.1 Å². The Balaban J connectivity index is 1.55. The van der Waals surface area contributed by atoms with Crippen LogP contribution in [-0.4, -0.2) is 61.6 Å². The second-order valence-corrected chi connectivity index (χ2v) is 7.31. The van der Waals surface area contributed by atoms with Crippen molar-refractivity contribution < 1.29 is 19.1 Å². The number of likely N-dealkylation sites (tertiary alicyclic amines) is 2. The summed E-state index contributed by atoms with van der Waals surface area (Å²) in [5.74, 6) is 0.825. The van der Waals surface area contributed by atoms with Crippen molar-refractivity contribution in [2.75, 3.05) is 39.9 Å². The normalized spacial score (nSPS) is 21.3. The summed E-state index contributed by atoms with van der Waals surface area (Å²) in [5, 5.41) is 0. The monoisotopic (exact) mass is 374 g/mol. The molecular weight excluding hydrogens is 344 g/mol. The van der Waals surface area contributed by atoms with Crippen molar-refractivity contribution in [2.24, 2.45) is 5.92 Å². The minimum Gasteiger partial charge on any atom is -0.494 e. The second kappa shape index (κ2) is 9.22. The van der Waals surface area contributed by atoms with E-state index in [1.165, 1.54) is 12.7 Å². The smallest absolute Gasteiger partial charge is 0.308 e. The SMILES string of the molecule is CCOc1ccc([C@H]2CCCN2CC(=O)N2CCC(C(=O)OC)CC2)cc1. The van der Waals surface area contributed by atoms with Gasteiger partial charge in [-0.3, -0.25) is 14.5 Å². The Labute approximate surface area is 161 Å². The van der Waals surface area contributed by atoms with Gasteiger partial charge in [0.25, 0.3) is 0 Å². The van der Waals surface area contributed by atoms with E-state index in [1.807, 2.05) is 24.0 Å². The number of piperidine rings is 1. The van der Waals surface area contributed by atoms with Crippen molar-refractivity contribution in [1.29, 1.82) is 0 Å². The lowest BCUT2D eigenvalue weighted by Crippen LogP contribution is -2.45. The summed E-state index contributed by atoms with van der Waals surface area (Å²) >= 11 is 0. The Morgan fingerprint density at radius 3 is 2.41 bits per heavy atom. The van der Waals surface area contributed by atoms with Gasteiger partial charge in [0.2, 0.25) is 5.91 Å². The van der Waals surface area contributed by atoms with Crippen LogP contribution in [0.3, 0.4) is 0 Å². The molecule has 0 saturated carbocycles. The van der Waals surface area contributed by atoms with Crippen molar-refractivity contribution in [3.05, 3.63) is 29.8 Å². The molecule has 2 aliphatic rings. The van der Waals surface area contributed by atoms with E-state index >= 15 is 0 Å². The molecule has 0 N–H and O–H groups in total. The molecule has 2 saturated heterocycles. The Kier molecular flexibility index (Phi) is 6.72. The maximum Gasteiger partial charge on any atom is 0.308 e. The van der Waals surface area contributed by atoms with Crippen molar-refractivity contribution in [1.82, 2.24) is 9.80 Å². The molecule has 0 spiro atoms. The van der Waals surface area contributed by atoms with E-state index < -0.39 is 0 Å². The molecule has 0 aromatic heterocycles. The maximum atomic E-state index is 12.8. The number of hydrogen-bond donors (Lipinski definition) is 0. The number of nitrogens with zero attached hydrogens (tertiary/aromatic N) is 2. The van der Waals surface area contributed by atoms with Crippen LogP contribution in [0.2, 0.25) is 0 Å². The van der Waals surface area contributed by atoms with Crippen molar-refractivity contribution in [3.8, 4) is 5.75 Å². The van der Waals surface area contributed by atoms with Crippen LogP contribution in [0.25, 0.3) is 0 Å². The first-order chi connectivity index (χ1) is 13.1. The highest BCUT2D eigenvalue weighted by Gasteiger charge is 2.32. The van der Waals surface area contributed by atoms with E-state index in [0.29, 0.717) is 39.1 Å². The van der Waals surface area contributed by atoms with Gasteiger partial charge in [0.1, 0.15) is 5.75 Å². The van der Waals surface area contributed by atoms with Gasteiger partial charge in [-0.05, 0) is 56.8 Å². The Hall–Kier alpha value is -2.08. The summed E-state index contributed by atoms with van der Waals surface area (Å²) in [5.41, 5.74) is 1.24. The highest BCUT2D eigenvalue weighted by molar-refractivity contribution is 5.79. The van der Waals surface area contributed by atoms with E-state index in [9.17, 15) is 9.59 Å². The number of carbonyl (C=O) groups excluding carboxylic acids is 2. The number of methoxy groups -OCH3 is 1. The van der Waals surface area contributed by atoms with Gasteiger partial charge in [0.15, 0.2) is 0 Å². The summed E-state index contributed by atoms with van der Waals surface area (Å²) in [4.78, 5) is 28.6. The van der Waals surface area contributed by atoms with Gasteiger partial charge in [0.05, 0.1) is 26.2 Å². The van der Waals surface area contributed by atoms with Crippen molar-refractivity contribution >= 4 is 11.9 Å². The second-order valence-electron chi connectivity index (χ2n) is 7.31. The summed E-state index contributed by atoms with van der Waals surface area (Å²) in [6, 6.07) is 8.53. The van der Waals surface area contributed by atoms with Gasteiger partial charge in [-0.15, -0.1) is 0 Å². The van der Waals surface area contributed by atoms with Gasteiger partial charge in [-0.2, -0.15) is 0 Å². The van der Waals surface area contributed by atoms with Crippen LogP contribution in [0.15, 0.2) is 24.3 Å². The van der Waals surface area contributed by atoms with Gasteiger partial charge in [-0.1, -0.05) is 12.1 Å². The summed E-state index contributed by atoms with van der Waals surface area (Å²) in [7, 11) is 1.42. The molecule has 27 heavy (non-hydrogen) atoms. The van der Waals surface area contributed by atoms with Gasteiger partial charge in [0, 0.05) is 19.1 Å². The lowest BCUT2D eigenvalue weighted by molar-refractivity contribution is -0.149. The van der Waals surface area contributed by atoms with Gasteiger partial charge in [-0.25, -0.2) is 0 Å². The number of amides is 1. The van der Waals surface area contributed by atoms with Crippen LogP contribution >= 0.6 is 0 Å². The number of esters is 1. The minimum atomic E-state index is -0.155. The van der Waals surface area contributed by atoms with Gasteiger partial charge >= 0.3 is 5.97 Å².